The van der Waals surface area contributed by atoms with E-state index >= 15 is 0 Å². The fourth-order valence-corrected chi connectivity index (χ4v) is 1.90. The van der Waals surface area contributed by atoms with E-state index in [4.69, 9.17) is 5.26 Å². The summed E-state index contributed by atoms with van der Waals surface area (Å²) < 4.78 is 12.8. The summed E-state index contributed by atoms with van der Waals surface area (Å²) in [6, 6.07) is 14.9. The summed E-state index contributed by atoms with van der Waals surface area (Å²) >= 11 is 0. The number of benzene rings is 2. The number of anilines is 1. The predicted molar refractivity (Wildman–Crippen MR) is 84.4 cm³/mol. The van der Waals surface area contributed by atoms with Crippen molar-refractivity contribution in [3.8, 4) is 6.07 Å². The van der Waals surface area contributed by atoms with Gasteiger partial charge < -0.3 is 5.32 Å². The fourth-order valence-electron chi connectivity index (χ4n) is 1.90. The lowest BCUT2D eigenvalue weighted by Crippen LogP contribution is -2.13. The Balaban J connectivity index is 2.15. The van der Waals surface area contributed by atoms with Gasteiger partial charge in [-0.05, 0) is 47.9 Å². The molecule has 2 aromatic rings. The van der Waals surface area contributed by atoms with Crippen molar-refractivity contribution in [1.29, 1.82) is 5.26 Å². The van der Waals surface area contributed by atoms with E-state index < -0.39 is 5.91 Å². The van der Waals surface area contributed by atoms with Gasteiger partial charge in [-0.3, -0.25) is 4.79 Å². The maximum absolute atomic E-state index is 12.8. The van der Waals surface area contributed by atoms with Gasteiger partial charge in [0, 0.05) is 5.69 Å². The third-order valence-electron chi connectivity index (χ3n) is 3.17. The second-order valence-electron chi connectivity index (χ2n) is 4.73. The van der Waals surface area contributed by atoms with E-state index in [1.54, 1.807) is 0 Å². The summed E-state index contributed by atoms with van der Waals surface area (Å²) in [6.07, 6.45) is 2.46. The quantitative estimate of drug-likeness (QED) is 0.686. The summed E-state index contributed by atoms with van der Waals surface area (Å²) in [4.78, 5) is 12.1. The molecular formula is C18H15FN2O. The van der Waals surface area contributed by atoms with Crippen LogP contribution in [0.2, 0.25) is 0 Å². The molecule has 0 saturated carbocycles. The summed E-state index contributed by atoms with van der Waals surface area (Å²) in [7, 11) is 0. The number of nitriles is 1. The molecule has 0 spiro atoms. The molecule has 0 aromatic heterocycles. The van der Waals surface area contributed by atoms with Crippen molar-refractivity contribution in [2.45, 2.75) is 13.3 Å². The number of nitrogens with one attached hydrogen (secondary N) is 1. The summed E-state index contributed by atoms with van der Waals surface area (Å²) in [6.45, 7) is 2.06. The minimum absolute atomic E-state index is 0.00595. The Hall–Kier alpha value is -2.93. The van der Waals surface area contributed by atoms with Crippen LogP contribution in [0.5, 0.6) is 0 Å². The number of nitrogens with zero attached hydrogens (tertiary/aromatic N) is 1. The van der Waals surface area contributed by atoms with Gasteiger partial charge >= 0.3 is 0 Å². The van der Waals surface area contributed by atoms with E-state index in [2.05, 4.69) is 12.2 Å². The molecule has 2 aromatic carbocycles. The third-order valence-corrected chi connectivity index (χ3v) is 3.17. The van der Waals surface area contributed by atoms with Gasteiger partial charge in [-0.1, -0.05) is 31.2 Å². The van der Waals surface area contributed by atoms with Gasteiger partial charge in [-0.2, -0.15) is 5.26 Å². The van der Waals surface area contributed by atoms with Crippen molar-refractivity contribution in [2.24, 2.45) is 0 Å². The number of carbonyl (C=O) groups is 1. The van der Waals surface area contributed by atoms with E-state index in [1.807, 2.05) is 30.3 Å². The highest BCUT2D eigenvalue weighted by Gasteiger charge is 2.09. The molecule has 1 N–H and O–H groups in total. The number of carbonyl (C=O) groups excluding carboxylic acids is 1. The summed E-state index contributed by atoms with van der Waals surface area (Å²) in [5, 5.41) is 11.7. The van der Waals surface area contributed by atoms with E-state index in [9.17, 15) is 9.18 Å². The van der Waals surface area contributed by atoms with Crippen molar-refractivity contribution >= 4 is 17.7 Å². The lowest BCUT2D eigenvalue weighted by molar-refractivity contribution is -0.112. The number of hydrogen-bond acceptors (Lipinski definition) is 2. The summed E-state index contributed by atoms with van der Waals surface area (Å²) in [5.41, 5.74) is 2.40. The molecule has 0 aliphatic heterocycles. The van der Waals surface area contributed by atoms with Gasteiger partial charge in [0.15, 0.2) is 0 Å². The van der Waals surface area contributed by atoms with E-state index in [1.165, 1.54) is 35.9 Å². The zero-order valence-electron chi connectivity index (χ0n) is 12.1. The van der Waals surface area contributed by atoms with Crippen molar-refractivity contribution < 1.29 is 9.18 Å². The SMILES string of the molecule is CCc1ccc(/C=C(\C#N)C(=O)Nc2ccc(F)cc2)cc1. The second-order valence-corrected chi connectivity index (χ2v) is 4.73. The molecular weight excluding hydrogens is 279 g/mol. The van der Waals surface area contributed by atoms with Gasteiger partial charge in [0.1, 0.15) is 17.5 Å². The van der Waals surface area contributed by atoms with E-state index in [0.717, 1.165) is 12.0 Å². The van der Waals surface area contributed by atoms with Crippen LogP contribution in [0.1, 0.15) is 18.1 Å². The number of aryl methyl sites for hydroxylation is 1. The molecule has 0 bridgehead atoms. The smallest absolute Gasteiger partial charge is 0.266 e. The van der Waals surface area contributed by atoms with Crippen LogP contribution in [0.4, 0.5) is 10.1 Å². The molecule has 4 heteroatoms. The summed E-state index contributed by atoms with van der Waals surface area (Å²) in [5.74, 6) is -0.904. The van der Waals surface area contributed by atoms with Gasteiger partial charge in [0.25, 0.3) is 5.91 Å². The Bertz CT molecular complexity index is 725. The fraction of sp³-hybridized carbons (Fsp3) is 0.111. The molecule has 0 atom stereocenters. The van der Waals surface area contributed by atoms with Crippen LogP contribution in [0, 0.1) is 17.1 Å². The van der Waals surface area contributed by atoms with Crippen LogP contribution in [-0.2, 0) is 11.2 Å². The molecule has 1 amide bonds. The zero-order valence-corrected chi connectivity index (χ0v) is 12.1. The molecule has 3 nitrogen and oxygen atoms in total. The first-order valence-corrected chi connectivity index (χ1v) is 6.90. The normalized spacial score (nSPS) is 10.9. The molecule has 0 radical (unpaired) electrons. The molecule has 0 aliphatic rings. The topological polar surface area (TPSA) is 52.9 Å². The Labute approximate surface area is 128 Å². The highest BCUT2D eigenvalue weighted by Crippen LogP contribution is 2.13. The van der Waals surface area contributed by atoms with E-state index in [-0.39, 0.29) is 11.4 Å². The molecule has 22 heavy (non-hydrogen) atoms. The molecule has 0 saturated heterocycles. The average molecular weight is 294 g/mol. The second kappa shape index (κ2) is 7.19. The van der Waals surface area contributed by atoms with Gasteiger partial charge in [-0.15, -0.1) is 0 Å². The van der Waals surface area contributed by atoms with Gasteiger partial charge in [0.2, 0.25) is 0 Å². The monoisotopic (exact) mass is 294 g/mol. The molecule has 0 aliphatic carbocycles. The number of halogens is 1. The van der Waals surface area contributed by atoms with Crippen molar-refractivity contribution in [3.63, 3.8) is 0 Å². The molecule has 2 rings (SSSR count). The number of hydrogen-bond donors (Lipinski definition) is 1. The first-order valence-electron chi connectivity index (χ1n) is 6.90. The lowest BCUT2D eigenvalue weighted by atomic mass is 10.1. The Morgan fingerprint density at radius 2 is 1.82 bits per heavy atom. The minimum atomic E-state index is -0.520. The maximum atomic E-state index is 12.8. The molecule has 0 unspecified atom stereocenters. The van der Waals surface area contributed by atoms with Crippen molar-refractivity contribution in [2.75, 3.05) is 5.32 Å². The average Bonchev–Trinajstić information content (AvgIpc) is 2.55. The van der Waals surface area contributed by atoms with Crippen molar-refractivity contribution in [3.05, 3.63) is 71.0 Å². The molecule has 110 valence electrons. The highest BCUT2D eigenvalue weighted by molar-refractivity contribution is 6.09. The van der Waals surface area contributed by atoms with E-state index in [0.29, 0.717) is 5.69 Å². The zero-order chi connectivity index (χ0) is 15.9. The van der Waals surface area contributed by atoms with Crippen LogP contribution in [0.3, 0.4) is 0 Å². The maximum Gasteiger partial charge on any atom is 0.266 e. The first kappa shape index (κ1) is 15.5. The van der Waals surface area contributed by atoms with Crippen LogP contribution >= 0.6 is 0 Å². The van der Waals surface area contributed by atoms with Gasteiger partial charge in [0.05, 0.1) is 0 Å². The Morgan fingerprint density at radius 1 is 1.18 bits per heavy atom. The van der Waals surface area contributed by atoms with Crippen LogP contribution < -0.4 is 5.32 Å². The van der Waals surface area contributed by atoms with Crippen LogP contribution in [0.25, 0.3) is 6.08 Å². The third kappa shape index (κ3) is 4.03. The minimum Gasteiger partial charge on any atom is -0.321 e. The van der Waals surface area contributed by atoms with Crippen molar-refractivity contribution in [1.82, 2.24) is 0 Å². The van der Waals surface area contributed by atoms with Crippen LogP contribution in [-0.4, -0.2) is 5.91 Å². The largest absolute Gasteiger partial charge is 0.321 e. The predicted octanol–water partition coefficient (Wildman–Crippen LogP) is 3.93. The standard InChI is InChI=1S/C18H15FN2O/c1-2-13-3-5-14(6-4-13)11-15(12-20)18(22)21-17-9-7-16(19)8-10-17/h3-11H,2H2,1H3,(H,21,22)/b15-11+. The lowest BCUT2D eigenvalue weighted by Gasteiger charge is -2.04. The molecule has 0 fully saturated rings. The first-order chi connectivity index (χ1) is 10.6. The number of amides is 1. The molecule has 0 heterocycles. The van der Waals surface area contributed by atoms with Gasteiger partial charge in [-0.25, -0.2) is 4.39 Å². The Morgan fingerprint density at radius 3 is 2.36 bits per heavy atom. The van der Waals surface area contributed by atoms with Crippen LogP contribution in [0.15, 0.2) is 54.1 Å². The highest BCUT2D eigenvalue weighted by atomic mass is 19.1. The number of rotatable bonds is 4. The Kier molecular flexibility index (Phi) is 5.05.